The smallest absolute Gasteiger partial charge is 0.139 e. The highest BCUT2D eigenvalue weighted by molar-refractivity contribution is 7.16. The second-order valence-corrected chi connectivity index (χ2v) is 6.91. The Hall–Kier alpha value is -1.53. The van der Waals surface area contributed by atoms with E-state index >= 15 is 0 Å². The summed E-state index contributed by atoms with van der Waals surface area (Å²) in [6.07, 6.45) is 3.84. The molecule has 0 bridgehead atoms. The van der Waals surface area contributed by atoms with Crippen molar-refractivity contribution in [2.75, 3.05) is 5.32 Å². The maximum atomic E-state index is 4.65. The summed E-state index contributed by atoms with van der Waals surface area (Å²) in [5, 5.41) is 7.76. The minimum absolute atomic E-state index is 0.151. The third-order valence-corrected chi connectivity index (χ3v) is 5.46. The van der Waals surface area contributed by atoms with Crippen LogP contribution in [0.3, 0.4) is 0 Å². The van der Waals surface area contributed by atoms with Crippen LogP contribution in [0.15, 0.2) is 17.6 Å². The second kappa shape index (κ2) is 6.07. The van der Waals surface area contributed by atoms with Crippen LogP contribution in [0.5, 0.6) is 0 Å². The third kappa shape index (κ3) is 2.91. The van der Waals surface area contributed by atoms with Crippen molar-refractivity contribution >= 4 is 38.7 Å². The standard InChI is InChI=1S/C15H18N4S2/c1-4-10-8-16-14(21-10)9(3)17-13-11-6-7-20-15(11)19-12(5-2)18-13/h6-9H,4-5H2,1-3H3,(H,17,18,19). The predicted molar refractivity (Wildman–Crippen MR) is 90.3 cm³/mol. The van der Waals surface area contributed by atoms with E-state index in [0.717, 1.165) is 39.7 Å². The van der Waals surface area contributed by atoms with Crippen LogP contribution < -0.4 is 5.32 Å². The van der Waals surface area contributed by atoms with Gasteiger partial charge in [0, 0.05) is 17.5 Å². The minimum atomic E-state index is 0.151. The summed E-state index contributed by atoms with van der Waals surface area (Å²) in [6, 6.07) is 2.23. The molecular formula is C15H18N4S2. The topological polar surface area (TPSA) is 50.7 Å². The van der Waals surface area contributed by atoms with Crippen molar-refractivity contribution in [1.82, 2.24) is 15.0 Å². The normalized spacial score (nSPS) is 12.7. The van der Waals surface area contributed by atoms with E-state index in [2.05, 4.69) is 52.5 Å². The number of hydrogen-bond acceptors (Lipinski definition) is 6. The lowest BCUT2D eigenvalue weighted by molar-refractivity contribution is 0.853. The van der Waals surface area contributed by atoms with E-state index in [4.69, 9.17) is 0 Å². The number of thiazole rings is 1. The summed E-state index contributed by atoms with van der Waals surface area (Å²) >= 11 is 3.42. The third-order valence-electron chi connectivity index (χ3n) is 3.33. The number of rotatable bonds is 5. The molecule has 6 heteroatoms. The summed E-state index contributed by atoms with van der Waals surface area (Å²) < 4.78 is 0. The van der Waals surface area contributed by atoms with Gasteiger partial charge >= 0.3 is 0 Å². The fourth-order valence-corrected chi connectivity index (χ4v) is 3.76. The zero-order valence-electron chi connectivity index (χ0n) is 12.4. The Morgan fingerprint density at radius 1 is 1.24 bits per heavy atom. The van der Waals surface area contributed by atoms with E-state index in [1.54, 1.807) is 22.7 Å². The molecule has 1 N–H and O–H groups in total. The summed E-state index contributed by atoms with van der Waals surface area (Å²) in [4.78, 5) is 16.1. The Labute approximate surface area is 132 Å². The van der Waals surface area contributed by atoms with Gasteiger partial charge in [-0.05, 0) is 24.8 Å². The van der Waals surface area contributed by atoms with Gasteiger partial charge in [-0.15, -0.1) is 22.7 Å². The molecule has 0 aliphatic carbocycles. The SMILES string of the molecule is CCc1nc(NC(C)c2ncc(CC)s2)c2ccsc2n1. The molecule has 0 fully saturated rings. The first-order chi connectivity index (χ1) is 10.2. The summed E-state index contributed by atoms with van der Waals surface area (Å²) in [7, 11) is 0. The summed E-state index contributed by atoms with van der Waals surface area (Å²) in [5.41, 5.74) is 0. The van der Waals surface area contributed by atoms with Crippen molar-refractivity contribution in [1.29, 1.82) is 0 Å². The average Bonchev–Trinajstić information content (AvgIpc) is 3.15. The van der Waals surface area contributed by atoms with Crippen molar-refractivity contribution in [3.63, 3.8) is 0 Å². The zero-order chi connectivity index (χ0) is 14.8. The first kappa shape index (κ1) is 14.4. The molecule has 3 aromatic heterocycles. The van der Waals surface area contributed by atoms with Gasteiger partial charge in [0.15, 0.2) is 0 Å². The molecule has 4 nitrogen and oxygen atoms in total. The molecule has 0 spiro atoms. The Bertz CT molecular complexity index is 747. The Morgan fingerprint density at radius 2 is 2.10 bits per heavy atom. The van der Waals surface area contributed by atoms with Crippen LogP contribution in [-0.4, -0.2) is 15.0 Å². The second-order valence-electron chi connectivity index (χ2n) is 4.87. The fraction of sp³-hybridized carbons (Fsp3) is 0.400. The van der Waals surface area contributed by atoms with Gasteiger partial charge in [-0.2, -0.15) is 0 Å². The van der Waals surface area contributed by atoms with Crippen molar-refractivity contribution < 1.29 is 0 Å². The number of fused-ring (bicyclic) bond motifs is 1. The molecule has 0 aliphatic heterocycles. The maximum absolute atomic E-state index is 4.65. The van der Waals surface area contributed by atoms with Gasteiger partial charge in [0.25, 0.3) is 0 Å². The largest absolute Gasteiger partial charge is 0.360 e. The molecule has 0 saturated carbocycles. The van der Waals surface area contributed by atoms with Crippen molar-refractivity contribution in [2.45, 2.75) is 39.7 Å². The number of aromatic nitrogens is 3. The van der Waals surface area contributed by atoms with E-state index in [-0.39, 0.29) is 6.04 Å². The number of nitrogens with one attached hydrogen (secondary N) is 1. The summed E-state index contributed by atoms with van der Waals surface area (Å²) in [6.45, 7) is 6.36. The van der Waals surface area contributed by atoms with Crippen LogP contribution in [0.4, 0.5) is 5.82 Å². The molecule has 0 radical (unpaired) electrons. The number of hydrogen-bond donors (Lipinski definition) is 1. The van der Waals surface area contributed by atoms with Crippen LogP contribution in [0.25, 0.3) is 10.2 Å². The van der Waals surface area contributed by atoms with E-state index in [1.807, 2.05) is 6.20 Å². The Kier molecular flexibility index (Phi) is 4.17. The number of nitrogens with zero attached hydrogens (tertiary/aromatic N) is 3. The number of anilines is 1. The molecule has 0 amide bonds. The molecule has 0 aromatic carbocycles. The first-order valence-corrected chi connectivity index (χ1v) is 8.86. The molecule has 1 atom stereocenters. The minimum Gasteiger partial charge on any atom is -0.360 e. The number of aryl methyl sites for hydroxylation is 2. The maximum Gasteiger partial charge on any atom is 0.139 e. The quantitative estimate of drug-likeness (QED) is 0.755. The lowest BCUT2D eigenvalue weighted by Gasteiger charge is -2.13. The van der Waals surface area contributed by atoms with Gasteiger partial charge in [0.2, 0.25) is 0 Å². The van der Waals surface area contributed by atoms with E-state index in [9.17, 15) is 0 Å². The predicted octanol–water partition coefficient (Wildman–Crippen LogP) is 4.45. The molecular weight excluding hydrogens is 300 g/mol. The van der Waals surface area contributed by atoms with Gasteiger partial charge < -0.3 is 5.32 Å². The van der Waals surface area contributed by atoms with Gasteiger partial charge in [0.05, 0.1) is 11.4 Å². The number of thiophene rings is 1. The first-order valence-electron chi connectivity index (χ1n) is 7.16. The highest BCUT2D eigenvalue weighted by Crippen LogP contribution is 2.29. The lowest BCUT2D eigenvalue weighted by Crippen LogP contribution is -2.09. The van der Waals surface area contributed by atoms with E-state index in [1.165, 1.54) is 4.88 Å². The van der Waals surface area contributed by atoms with Gasteiger partial charge in [-0.1, -0.05) is 13.8 Å². The highest BCUT2D eigenvalue weighted by atomic mass is 32.1. The van der Waals surface area contributed by atoms with E-state index < -0.39 is 0 Å². The molecule has 1 unspecified atom stereocenters. The highest BCUT2D eigenvalue weighted by Gasteiger charge is 2.14. The molecule has 0 saturated heterocycles. The Morgan fingerprint density at radius 3 is 2.81 bits per heavy atom. The Balaban J connectivity index is 1.91. The molecule has 3 heterocycles. The van der Waals surface area contributed by atoms with Crippen molar-refractivity contribution in [3.05, 3.63) is 33.4 Å². The summed E-state index contributed by atoms with van der Waals surface area (Å²) in [5.74, 6) is 1.80. The van der Waals surface area contributed by atoms with Crippen LogP contribution in [0.2, 0.25) is 0 Å². The van der Waals surface area contributed by atoms with Gasteiger partial charge in [-0.3, -0.25) is 0 Å². The fourth-order valence-electron chi connectivity index (χ4n) is 2.12. The van der Waals surface area contributed by atoms with Crippen LogP contribution in [-0.2, 0) is 12.8 Å². The van der Waals surface area contributed by atoms with Crippen LogP contribution in [0, 0.1) is 0 Å². The van der Waals surface area contributed by atoms with E-state index in [0.29, 0.717) is 0 Å². The van der Waals surface area contributed by atoms with Gasteiger partial charge in [0.1, 0.15) is 21.5 Å². The van der Waals surface area contributed by atoms with Crippen LogP contribution >= 0.6 is 22.7 Å². The zero-order valence-corrected chi connectivity index (χ0v) is 14.0. The lowest BCUT2D eigenvalue weighted by atomic mass is 10.3. The molecule has 21 heavy (non-hydrogen) atoms. The van der Waals surface area contributed by atoms with Gasteiger partial charge in [-0.25, -0.2) is 15.0 Å². The van der Waals surface area contributed by atoms with Crippen molar-refractivity contribution in [2.24, 2.45) is 0 Å². The average molecular weight is 318 g/mol. The molecule has 0 aliphatic rings. The molecule has 3 rings (SSSR count). The molecule has 3 aromatic rings. The van der Waals surface area contributed by atoms with Crippen molar-refractivity contribution in [3.8, 4) is 0 Å². The van der Waals surface area contributed by atoms with Crippen LogP contribution in [0.1, 0.15) is 42.5 Å². The monoisotopic (exact) mass is 318 g/mol. The molecule has 110 valence electrons.